The number of carbonyl (C=O) groups excluding carboxylic acids is 1. The Labute approximate surface area is 132 Å². The fourth-order valence-corrected chi connectivity index (χ4v) is 4.15. The maximum atomic E-state index is 12.7. The van der Waals surface area contributed by atoms with Gasteiger partial charge in [0.2, 0.25) is 15.9 Å². The highest BCUT2D eigenvalue weighted by atomic mass is 32.2. The molecule has 0 unspecified atom stereocenters. The van der Waals surface area contributed by atoms with Crippen LogP contribution in [0, 0.1) is 0 Å². The topological polar surface area (TPSA) is 69.7 Å². The first-order chi connectivity index (χ1) is 10.3. The molecule has 0 radical (unpaired) electrons. The van der Waals surface area contributed by atoms with Crippen LogP contribution in [0.15, 0.2) is 23.1 Å². The Kier molecular flexibility index (Phi) is 5.08. The first-order valence-electron chi connectivity index (χ1n) is 7.41. The minimum absolute atomic E-state index is 0.226. The molecule has 22 heavy (non-hydrogen) atoms. The van der Waals surface area contributed by atoms with Gasteiger partial charge in [0.1, 0.15) is 0 Å². The lowest BCUT2D eigenvalue weighted by Crippen LogP contribution is -2.35. The molecule has 1 amide bonds. The Morgan fingerprint density at radius 3 is 2.36 bits per heavy atom. The second kappa shape index (κ2) is 6.66. The standard InChI is InChI=1S/C15H23N3O3S/c1-12(19)16-14-11-13(7-8-15(14)17(2)3)22(20,21)18-9-5-4-6-10-18/h7-8,11H,4-6,9-10H2,1-3H3,(H,16,19). The molecular weight excluding hydrogens is 302 g/mol. The van der Waals surface area contributed by atoms with E-state index in [1.807, 2.05) is 19.0 Å². The number of benzene rings is 1. The largest absolute Gasteiger partial charge is 0.376 e. The van der Waals surface area contributed by atoms with Crippen LogP contribution in [0.25, 0.3) is 0 Å². The van der Waals surface area contributed by atoms with E-state index in [2.05, 4.69) is 5.32 Å². The van der Waals surface area contributed by atoms with Crippen molar-refractivity contribution in [1.82, 2.24) is 4.31 Å². The lowest BCUT2D eigenvalue weighted by molar-refractivity contribution is -0.114. The van der Waals surface area contributed by atoms with Gasteiger partial charge in [-0.1, -0.05) is 6.42 Å². The monoisotopic (exact) mass is 325 g/mol. The molecule has 0 bridgehead atoms. The van der Waals surface area contributed by atoms with E-state index < -0.39 is 10.0 Å². The molecule has 0 atom stereocenters. The number of nitrogens with zero attached hydrogens (tertiary/aromatic N) is 2. The smallest absolute Gasteiger partial charge is 0.243 e. The lowest BCUT2D eigenvalue weighted by atomic mass is 10.2. The van der Waals surface area contributed by atoms with Crippen molar-refractivity contribution >= 4 is 27.3 Å². The number of sulfonamides is 1. The molecule has 1 N–H and O–H groups in total. The normalized spacial score (nSPS) is 16.3. The highest BCUT2D eigenvalue weighted by Crippen LogP contribution is 2.29. The molecule has 2 rings (SSSR count). The number of carbonyl (C=O) groups is 1. The molecule has 1 aromatic rings. The van der Waals surface area contributed by atoms with E-state index in [0.717, 1.165) is 24.9 Å². The van der Waals surface area contributed by atoms with Crippen molar-refractivity contribution in [3.8, 4) is 0 Å². The number of hydrogen-bond acceptors (Lipinski definition) is 4. The Balaban J connectivity index is 2.40. The molecule has 6 nitrogen and oxygen atoms in total. The summed E-state index contributed by atoms with van der Waals surface area (Å²) in [4.78, 5) is 13.4. The minimum atomic E-state index is -3.50. The molecule has 0 saturated carbocycles. The molecule has 1 saturated heterocycles. The van der Waals surface area contributed by atoms with Gasteiger partial charge in [0, 0.05) is 34.1 Å². The van der Waals surface area contributed by atoms with E-state index in [-0.39, 0.29) is 10.8 Å². The summed E-state index contributed by atoms with van der Waals surface area (Å²) in [6.45, 7) is 2.53. The van der Waals surface area contributed by atoms with E-state index in [0.29, 0.717) is 18.8 Å². The van der Waals surface area contributed by atoms with Gasteiger partial charge in [-0.2, -0.15) is 4.31 Å². The summed E-state index contributed by atoms with van der Waals surface area (Å²) in [6.07, 6.45) is 2.86. The second-order valence-electron chi connectivity index (χ2n) is 5.72. The highest BCUT2D eigenvalue weighted by molar-refractivity contribution is 7.89. The number of hydrogen-bond donors (Lipinski definition) is 1. The fourth-order valence-electron chi connectivity index (χ4n) is 2.61. The summed E-state index contributed by atoms with van der Waals surface area (Å²) in [5, 5.41) is 2.71. The average molecular weight is 325 g/mol. The zero-order valence-electron chi connectivity index (χ0n) is 13.3. The Morgan fingerprint density at radius 1 is 1.18 bits per heavy atom. The molecule has 0 aromatic heterocycles. The fraction of sp³-hybridized carbons (Fsp3) is 0.533. The van der Waals surface area contributed by atoms with Crippen LogP contribution in [0.1, 0.15) is 26.2 Å². The van der Waals surface area contributed by atoms with Gasteiger partial charge in [-0.3, -0.25) is 4.79 Å². The zero-order valence-corrected chi connectivity index (χ0v) is 14.1. The number of anilines is 2. The third-order valence-corrected chi connectivity index (χ3v) is 5.61. The second-order valence-corrected chi connectivity index (χ2v) is 7.66. The van der Waals surface area contributed by atoms with Crippen LogP contribution in [0.4, 0.5) is 11.4 Å². The molecule has 0 spiro atoms. The molecular formula is C15H23N3O3S. The van der Waals surface area contributed by atoms with Crippen molar-refractivity contribution in [2.45, 2.75) is 31.1 Å². The van der Waals surface area contributed by atoms with Gasteiger partial charge in [0.15, 0.2) is 0 Å². The van der Waals surface area contributed by atoms with Crippen LogP contribution in [0.5, 0.6) is 0 Å². The predicted octanol–water partition coefficient (Wildman–Crippen LogP) is 1.89. The zero-order chi connectivity index (χ0) is 16.3. The van der Waals surface area contributed by atoms with Crippen molar-refractivity contribution in [1.29, 1.82) is 0 Å². The number of piperidine rings is 1. The van der Waals surface area contributed by atoms with Crippen LogP contribution in [0.3, 0.4) is 0 Å². The molecule has 1 aliphatic rings. The van der Waals surface area contributed by atoms with Crippen molar-refractivity contribution < 1.29 is 13.2 Å². The van der Waals surface area contributed by atoms with Crippen LogP contribution >= 0.6 is 0 Å². The number of nitrogens with one attached hydrogen (secondary N) is 1. The summed E-state index contributed by atoms with van der Waals surface area (Å²) in [5.74, 6) is -0.226. The molecule has 7 heteroatoms. The van der Waals surface area contributed by atoms with Gasteiger partial charge >= 0.3 is 0 Å². The van der Waals surface area contributed by atoms with E-state index in [9.17, 15) is 13.2 Å². The van der Waals surface area contributed by atoms with Gasteiger partial charge in [-0.05, 0) is 31.0 Å². The third kappa shape index (κ3) is 3.59. The van der Waals surface area contributed by atoms with Crippen LogP contribution < -0.4 is 10.2 Å². The minimum Gasteiger partial charge on any atom is -0.376 e. The Bertz CT molecular complexity index is 650. The van der Waals surface area contributed by atoms with Gasteiger partial charge in [-0.25, -0.2) is 8.42 Å². The van der Waals surface area contributed by atoms with E-state index >= 15 is 0 Å². The summed E-state index contributed by atoms with van der Waals surface area (Å²) >= 11 is 0. The third-order valence-electron chi connectivity index (χ3n) is 3.71. The van der Waals surface area contributed by atoms with Crippen LogP contribution in [-0.4, -0.2) is 45.8 Å². The molecule has 1 aromatic carbocycles. The number of amides is 1. The SMILES string of the molecule is CC(=O)Nc1cc(S(=O)(=O)N2CCCCC2)ccc1N(C)C. The maximum absolute atomic E-state index is 12.7. The summed E-state index contributed by atoms with van der Waals surface area (Å²) in [7, 11) is 0.194. The Morgan fingerprint density at radius 2 is 1.82 bits per heavy atom. The maximum Gasteiger partial charge on any atom is 0.243 e. The Hall–Kier alpha value is -1.60. The summed E-state index contributed by atoms with van der Waals surface area (Å²) in [6, 6.07) is 4.87. The van der Waals surface area contributed by atoms with Gasteiger partial charge in [0.25, 0.3) is 0 Å². The molecule has 0 aliphatic carbocycles. The van der Waals surface area contributed by atoms with Crippen molar-refractivity contribution in [3.63, 3.8) is 0 Å². The van der Waals surface area contributed by atoms with Crippen molar-refractivity contribution in [2.24, 2.45) is 0 Å². The van der Waals surface area contributed by atoms with Gasteiger partial charge in [0.05, 0.1) is 16.3 Å². The molecule has 1 heterocycles. The van der Waals surface area contributed by atoms with Crippen LogP contribution in [-0.2, 0) is 14.8 Å². The van der Waals surface area contributed by atoms with E-state index in [1.54, 1.807) is 18.2 Å². The summed E-state index contributed by atoms with van der Waals surface area (Å²) in [5.41, 5.74) is 1.28. The highest BCUT2D eigenvalue weighted by Gasteiger charge is 2.26. The first kappa shape index (κ1) is 16.8. The molecule has 1 fully saturated rings. The van der Waals surface area contributed by atoms with E-state index in [1.165, 1.54) is 11.2 Å². The number of rotatable bonds is 4. The quantitative estimate of drug-likeness (QED) is 0.918. The predicted molar refractivity (Wildman–Crippen MR) is 87.7 cm³/mol. The average Bonchev–Trinajstić information content (AvgIpc) is 2.47. The molecule has 122 valence electrons. The van der Waals surface area contributed by atoms with Gasteiger partial charge < -0.3 is 10.2 Å². The first-order valence-corrected chi connectivity index (χ1v) is 8.85. The molecule has 1 aliphatic heterocycles. The summed E-state index contributed by atoms with van der Waals surface area (Å²) < 4.78 is 26.9. The van der Waals surface area contributed by atoms with Crippen LogP contribution in [0.2, 0.25) is 0 Å². The lowest BCUT2D eigenvalue weighted by Gasteiger charge is -2.26. The van der Waals surface area contributed by atoms with Gasteiger partial charge in [-0.15, -0.1) is 0 Å². The van der Waals surface area contributed by atoms with Crippen molar-refractivity contribution in [3.05, 3.63) is 18.2 Å². The van der Waals surface area contributed by atoms with Crippen molar-refractivity contribution in [2.75, 3.05) is 37.4 Å². The van der Waals surface area contributed by atoms with E-state index in [4.69, 9.17) is 0 Å².